The van der Waals surface area contributed by atoms with E-state index in [-0.39, 0.29) is 5.41 Å². The topological polar surface area (TPSA) is 17.8 Å². The van der Waals surface area contributed by atoms with Crippen LogP contribution in [0.4, 0.5) is 0 Å². The Hall–Kier alpha value is -3.43. The van der Waals surface area contributed by atoms with Crippen LogP contribution in [0.15, 0.2) is 126 Å². The summed E-state index contributed by atoms with van der Waals surface area (Å²) >= 11 is 3.58. The molecule has 0 radical (unpaired) electrons. The number of benzene rings is 4. The molecule has 2 nitrogen and oxygen atoms in total. The Balaban J connectivity index is 1.76. The number of hydrogen-bond acceptors (Lipinski definition) is 1. The number of nitrogens with zero attached hydrogens (tertiary/aromatic N) is 2. The average Bonchev–Trinajstić information content (AvgIpc) is 3.36. The maximum Gasteiger partial charge on any atom is 0.121 e. The van der Waals surface area contributed by atoms with Gasteiger partial charge in [-0.3, -0.25) is 0 Å². The third-order valence-corrected chi connectivity index (χ3v) is 8.46. The number of aromatic nitrogens is 2. The van der Waals surface area contributed by atoms with Gasteiger partial charge in [0.1, 0.15) is 11.4 Å². The van der Waals surface area contributed by atoms with Crippen LogP contribution in [-0.2, 0) is 24.8 Å². The first kappa shape index (κ1) is 27.1. The van der Waals surface area contributed by atoms with Crippen molar-refractivity contribution in [1.29, 1.82) is 0 Å². The molecule has 0 saturated heterocycles. The molecule has 5 aromatic rings. The molecule has 0 fully saturated rings. The molecule has 0 amide bonds. The molecule has 0 bridgehead atoms. The largest absolute Gasteiger partial charge is 0.316 e. The van der Waals surface area contributed by atoms with Gasteiger partial charge in [0.2, 0.25) is 0 Å². The molecule has 39 heavy (non-hydrogen) atoms. The summed E-state index contributed by atoms with van der Waals surface area (Å²) in [4.78, 5) is 5.37. The second kappa shape index (κ2) is 11.8. The quantitative estimate of drug-likeness (QED) is 0.151. The fourth-order valence-corrected chi connectivity index (χ4v) is 5.77. The summed E-state index contributed by atoms with van der Waals surface area (Å²) in [5.74, 6) is 1.11. The van der Waals surface area contributed by atoms with Gasteiger partial charge in [0.15, 0.2) is 0 Å². The van der Waals surface area contributed by atoms with Gasteiger partial charge in [-0.15, -0.1) is 0 Å². The van der Waals surface area contributed by atoms with Crippen molar-refractivity contribution in [2.45, 2.75) is 52.0 Å². The number of rotatable bonds is 10. The summed E-state index contributed by atoms with van der Waals surface area (Å²) in [5.41, 5.74) is 5.77. The van der Waals surface area contributed by atoms with Crippen molar-refractivity contribution in [1.82, 2.24) is 9.55 Å². The van der Waals surface area contributed by atoms with Crippen molar-refractivity contribution < 1.29 is 0 Å². The minimum Gasteiger partial charge on any atom is -0.316 e. The molecule has 1 aromatic heterocycles. The number of halogens is 1. The van der Waals surface area contributed by atoms with Gasteiger partial charge in [0.05, 0.1) is 5.69 Å². The summed E-state index contributed by atoms with van der Waals surface area (Å²) in [7, 11) is 0. The Kier molecular flexibility index (Phi) is 8.18. The Bertz CT molecular complexity index is 1370. The van der Waals surface area contributed by atoms with E-state index in [1.807, 2.05) is 0 Å². The minimum atomic E-state index is -0.555. The van der Waals surface area contributed by atoms with Gasteiger partial charge in [-0.1, -0.05) is 146 Å². The average molecular weight is 578 g/mol. The molecular weight excluding hydrogens is 540 g/mol. The third-order valence-electron chi connectivity index (χ3n) is 7.93. The standard InChI is InChI=1S/C36H37BrN2/c1-4-35(2,3)26-33-27-39(34(38-33)25-22-28-20-23-32(37)24-21-28)36(29-14-8-5-9-15-29,30-16-10-6-11-17-30)31-18-12-7-13-19-31/h5-21,23-24,27H,4,22,25-26H2,1-3H3. The van der Waals surface area contributed by atoms with Gasteiger partial charge in [0, 0.05) is 17.1 Å². The van der Waals surface area contributed by atoms with Crippen LogP contribution in [0.3, 0.4) is 0 Å². The zero-order valence-corrected chi connectivity index (χ0v) is 24.7. The van der Waals surface area contributed by atoms with E-state index in [0.29, 0.717) is 0 Å². The predicted molar refractivity (Wildman–Crippen MR) is 166 cm³/mol. The Morgan fingerprint density at radius 2 is 1.15 bits per heavy atom. The van der Waals surface area contributed by atoms with E-state index in [0.717, 1.165) is 41.7 Å². The van der Waals surface area contributed by atoms with E-state index in [1.54, 1.807) is 0 Å². The first-order valence-electron chi connectivity index (χ1n) is 13.9. The van der Waals surface area contributed by atoms with Crippen molar-refractivity contribution in [3.63, 3.8) is 0 Å². The van der Waals surface area contributed by atoms with Crippen LogP contribution in [0.1, 0.15) is 61.0 Å². The molecule has 198 valence electrons. The van der Waals surface area contributed by atoms with Crippen molar-refractivity contribution >= 4 is 15.9 Å². The van der Waals surface area contributed by atoms with Crippen molar-refractivity contribution in [3.05, 3.63) is 160 Å². The maximum absolute atomic E-state index is 5.37. The van der Waals surface area contributed by atoms with Gasteiger partial charge >= 0.3 is 0 Å². The molecule has 0 aliphatic carbocycles. The van der Waals surface area contributed by atoms with E-state index in [2.05, 4.69) is 163 Å². The molecule has 5 rings (SSSR count). The summed E-state index contributed by atoms with van der Waals surface area (Å²) in [6.45, 7) is 6.95. The van der Waals surface area contributed by atoms with Gasteiger partial charge in [-0.2, -0.15) is 0 Å². The lowest BCUT2D eigenvalue weighted by molar-refractivity contribution is 0.345. The number of aryl methyl sites for hydroxylation is 2. The SMILES string of the molecule is CCC(C)(C)Cc1cn(C(c2ccccc2)(c2ccccc2)c2ccccc2)c(CCc2ccc(Br)cc2)n1. The summed E-state index contributed by atoms with van der Waals surface area (Å²) in [5, 5.41) is 0. The second-order valence-corrected chi connectivity index (χ2v) is 12.1. The first-order valence-corrected chi connectivity index (χ1v) is 14.7. The van der Waals surface area contributed by atoms with Crippen LogP contribution in [0, 0.1) is 5.41 Å². The Labute approximate surface area is 241 Å². The molecule has 0 saturated carbocycles. The highest BCUT2D eigenvalue weighted by Crippen LogP contribution is 2.42. The van der Waals surface area contributed by atoms with Crippen molar-refractivity contribution in [3.8, 4) is 0 Å². The highest BCUT2D eigenvalue weighted by molar-refractivity contribution is 9.10. The maximum atomic E-state index is 5.37. The smallest absolute Gasteiger partial charge is 0.121 e. The van der Waals surface area contributed by atoms with Crippen LogP contribution >= 0.6 is 15.9 Å². The van der Waals surface area contributed by atoms with Crippen molar-refractivity contribution in [2.24, 2.45) is 5.41 Å². The molecule has 0 aliphatic heterocycles. The summed E-state index contributed by atoms with van der Waals surface area (Å²) < 4.78 is 3.58. The fraction of sp³-hybridized carbons (Fsp3) is 0.250. The van der Waals surface area contributed by atoms with E-state index in [9.17, 15) is 0 Å². The molecule has 0 atom stereocenters. The zero-order valence-electron chi connectivity index (χ0n) is 23.1. The number of imidazole rings is 1. The highest BCUT2D eigenvalue weighted by atomic mass is 79.9. The van der Waals surface area contributed by atoms with Gasteiger partial charge < -0.3 is 4.57 Å². The summed E-state index contributed by atoms with van der Waals surface area (Å²) in [6, 6.07) is 41.4. The van der Waals surface area contributed by atoms with Gasteiger partial charge in [-0.05, 0) is 52.6 Å². The normalized spacial score (nSPS) is 12.0. The molecule has 0 N–H and O–H groups in total. The lowest BCUT2D eigenvalue weighted by Gasteiger charge is -2.38. The van der Waals surface area contributed by atoms with Crippen LogP contribution < -0.4 is 0 Å². The third kappa shape index (κ3) is 5.79. The highest BCUT2D eigenvalue weighted by Gasteiger charge is 2.40. The lowest BCUT2D eigenvalue weighted by Crippen LogP contribution is -2.38. The monoisotopic (exact) mass is 576 g/mol. The van der Waals surface area contributed by atoms with Gasteiger partial charge in [0.25, 0.3) is 0 Å². The predicted octanol–water partition coefficient (Wildman–Crippen LogP) is 9.25. The Morgan fingerprint density at radius 1 is 0.667 bits per heavy atom. The van der Waals surface area contributed by atoms with Crippen LogP contribution in [0.5, 0.6) is 0 Å². The molecule has 4 aromatic carbocycles. The molecule has 3 heteroatoms. The molecule has 1 heterocycles. The molecule has 0 unspecified atom stereocenters. The van der Waals surface area contributed by atoms with E-state index < -0.39 is 5.54 Å². The molecule has 0 spiro atoms. The van der Waals surface area contributed by atoms with Crippen LogP contribution in [0.25, 0.3) is 0 Å². The van der Waals surface area contributed by atoms with Crippen molar-refractivity contribution in [2.75, 3.05) is 0 Å². The van der Waals surface area contributed by atoms with E-state index in [1.165, 1.54) is 22.3 Å². The zero-order chi connectivity index (χ0) is 27.3. The summed E-state index contributed by atoms with van der Waals surface area (Å²) in [6.07, 6.45) is 6.16. The second-order valence-electron chi connectivity index (χ2n) is 11.1. The van der Waals surface area contributed by atoms with Gasteiger partial charge in [-0.25, -0.2) is 4.98 Å². The van der Waals surface area contributed by atoms with Crippen LogP contribution in [-0.4, -0.2) is 9.55 Å². The molecule has 0 aliphatic rings. The van der Waals surface area contributed by atoms with E-state index >= 15 is 0 Å². The van der Waals surface area contributed by atoms with E-state index in [4.69, 9.17) is 4.98 Å². The molecular formula is C36H37BrN2. The Morgan fingerprint density at radius 3 is 1.62 bits per heavy atom. The first-order chi connectivity index (χ1) is 18.9. The fourth-order valence-electron chi connectivity index (χ4n) is 5.50. The number of hydrogen-bond donors (Lipinski definition) is 0. The lowest BCUT2D eigenvalue weighted by atomic mass is 9.76. The van der Waals surface area contributed by atoms with Crippen LogP contribution in [0.2, 0.25) is 0 Å². The minimum absolute atomic E-state index is 0.178.